The highest BCUT2D eigenvalue weighted by Gasteiger charge is 2.25. The molecule has 2 aromatic rings. The summed E-state index contributed by atoms with van der Waals surface area (Å²) in [7, 11) is 0. The van der Waals surface area contributed by atoms with Crippen LogP contribution >= 0.6 is 0 Å². The molecule has 1 atom stereocenters. The number of hydrogen-bond acceptors (Lipinski definition) is 1. The van der Waals surface area contributed by atoms with Gasteiger partial charge in [-0.25, -0.2) is 0 Å². The number of rotatable bonds is 1. The van der Waals surface area contributed by atoms with Gasteiger partial charge >= 0.3 is 0 Å². The molecule has 110 valence electrons. The fourth-order valence-corrected chi connectivity index (χ4v) is 3.02. The highest BCUT2D eigenvalue weighted by atomic mass is 16.5. The third-order valence-electron chi connectivity index (χ3n) is 4.32. The average molecular weight is 280 g/mol. The van der Waals surface area contributed by atoms with E-state index in [9.17, 15) is 0 Å². The Bertz CT molecular complexity index is 635. The molecular formula is C20H24O. The molecule has 0 spiro atoms. The van der Waals surface area contributed by atoms with Gasteiger partial charge in [0.1, 0.15) is 11.9 Å². The molecule has 21 heavy (non-hydrogen) atoms. The van der Waals surface area contributed by atoms with Crippen molar-refractivity contribution in [3.8, 4) is 5.75 Å². The monoisotopic (exact) mass is 280 g/mol. The lowest BCUT2D eigenvalue weighted by molar-refractivity contribution is 0.175. The predicted molar refractivity (Wildman–Crippen MR) is 88.0 cm³/mol. The molecular weight excluding hydrogens is 256 g/mol. The molecule has 0 aliphatic carbocycles. The smallest absolute Gasteiger partial charge is 0.126 e. The maximum Gasteiger partial charge on any atom is 0.126 e. The van der Waals surface area contributed by atoms with E-state index >= 15 is 0 Å². The highest BCUT2D eigenvalue weighted by Crippen LogP contribution is 2.39. The van der Waals surface area contributed by atoms with E-state index in [1.807, 2.05) is 0 Å². The van der Waals surface area contributed by atoms with Crippen LogP contribution < -0.4 is 4.74 Å². The largest absolute Gasteiger partial charge is 0.485 e. The van der Waals surface area contributed by atoms with Gasteiger partial charge in [-0.15, -0.1) is 0 Å². The second kappa shape index (κ2) is 5.22. The fraction of sp³-hybridized carbons (Fsp3) is 0.400. The molecule has 1 nitrogen and oxygen atoms in total. The molecule has 0 radical (unpaired) electrons. The molecule has 1 aliphatic heterocycles. The molecule has 0 bridgehead atoms. The Kier molecular flexibility index (Phi) is 3.52. The first-order valence-electron chi connectivity index (χ1n) is 7.81. The maximum absolute atomic E-state index is 6.32. The SMILES string of the molecule is Cc1cc(C(C)(C)C)cc2c1OC(c1ccccc1)CC2. The third-order valence-corrected chi connectivity index (χ3v) is 4.32. The van der Waals surface area contributed by atoms with Crippen molar-refractivity contribution in [2.45, 2.75) is 52.1 Å². The van der Waals surface area contributed by atoms with Crippen molar-refractivity contribution < 1.29 is 4.74 Å². The summed E-state index contributed by atoms with van der Waals surface area (Å²) in [4.78, 5) is 0. The number of ether oxygens (including phenoxy) is 1. The first-order chi connectivity index (χ1) is 9.95. The van der Waals surface area contributed by atoms with Crippen molar-refractivity contribution in [1.29, 1.82) is 0 Å². The van der Waals surface area contributed by atoms with Gasteiger partial charge in [0.15, 0.2) is 0 Å². The van der Waals surface area contributed by atoms with Crippen LogP contribution in [0.2, 0.25) is 0 Å². The van der Waals surface area contributed by atoms with Crippen LogP contribution in [0.3, 0.4) is 0 Å². The Morgan fingerprint density at radius 2 is 1.76 bits per heavy atom. The standard InChI is InChI=1S/C20H24O/c1-14-12-17(20(2,3)4)13-16-10-11-18(21-19(14)16)15-8-6-5-7-9-15/h5-9,12-13,18H,10-11H2,1-4H3. The summed E-state index contributed by atoms with van der Waals surface area (Å²) in [5.74, 6) is 1.10. The van der Waals surface area contributed by atoms with Crippen LogP contribution in [-0.2, 0) is 11.8 Å². The summed E-state index contributed by atoms with van der Waals surface area (Å²) >= 11 is 0. The molecule has 0 fully saturated rings. The lowest BCUT2D eigenvalue weighted by Gasteiger charge is -2.30. The van der Waals surface area contributed by atoms with Crippen molar-refractivity contribution >= 4 is 0 Å². The van der Waals surface area contributed by atoms with Crippen molar-refractivity contribution in [3.63, 3.8) is 0 Å². The zero-order valence-corrected chi connectivity index (χ0v) is 13.4. The van der Waals surface area contributed by atoms with Gasteiger partial charge in [-0.2, -0.15) is 0 Å². The summed E-state index contributed by atoms with van der Waals surface area (Å²) in [5, 5.41) is 0. The molecule has 0 aromatic heterocycles. The van der Waals surface area contributed by atoms with Gasteiger partial charge < -0.3 is 4.74 Å². The molecule has 3 rings (SSSR count). The van der Waals surface area contributed by atoms with E-state index in [2.05, 4.69) is 70.2 Å². The Morgan fingerprint density at radius 1 is 1.05 bits per heavy atom. The van der Waals surface area contributed by atoms with Crippen LogP contribution in [0, 0.1) is 6.92 Å². The summed E-state index contributed by atoms with van der Waals surface area (Å²) in [6.07, 6.45) is 2.35. The van der Waals surface area contributed by atoms with E-state index < -0.39 is 0 Å². The van der Waals surface area contributed by atoms with Gasteiger partial charge in [0, 0.05) is 0 Å². The van der Waals surface area contributed by atoms with E-state index in [1.165, 1.54) is 22.3 Å². The van der Waals surface area contributed by atoms with E-state index in [0.29, 0.717) is 0 Å². The summed E-state index contributed by atoms with van der Waals surface area (Å²) in [6.45, 7) is 8.97. The molecule has 0 saturated heterocycles. The number of benzene rings is 2. The Hall–Kier alpha value is -1.76. The van der Waals surface area contributed by atoms with Gasteiger partial charge in [-0.1, -0.05) is 63.2 Å². The van der Waals surface area contributed by atoms with Crippen molar-refractivity contribution in [2.75, 3.05) is 0 Å². The van der Waals surface area contributed by atoms with Gasteiger partial charge in [-0.05, 0) is 47.4 Å². The number of fused-ring (bicyclic) bond motifs is 1. The van der Waals surface area contributed by atoms with Gasteiger partial charge in [-0.3, -0.25) is 0 Å². The second-order valence-corrected chi connectivity index (χ2v) is 7.09. The lowest BCUT2D eigenvalue weighted by Crippen LogP contribution is -2.18. The Morgan fingerprint density at radius 3 is 2.43 bits per heavy atom. The summed E-state index contributed by atoms with van der Waals surface area (Å²) in [5.41, 5.74) is 5.50. The molecule has 0 amide bonds. The first kappa shape index (κ1) is 14.2. The van der Waals surface area contributed by atoms with Crippen LogP contribution in [0.1, 0.15) is 55.5 Å². The fourth-order valence-electron chi connectivity index (χ4n) is 3.02. The van der Waals surface area contributed by atoms with E-state index in [0.717, 1.165) is 18.6 Å². The molecule has 0 saturated carbocycles. The zero-order valence-electron chi connectivity index (χ0n) is 13.4. The van der Waals surface area contributed by atoms with E-state index in [-0.39, 0.29) is 11.5 Å². The van der Waals surface area contributed by atoms with Crippen LogP contribution in [0.25, 0.3) is 0 Å². The number of aryl methyl sites for hydroxylation is 2. The molecule has 1 heterocycles. The lowest BCUT2D eigenvalue weighted by atomic mass is 9.83. The van der Waals surface area contributed by atoms with Crippen molar-refractivity contribution in [2.24, 2.45) is 0 Å². The van der Waals surface area contributed by atoms with E-state index in [1.54, 1.807) is 0 Å². The minimum absolute atomic E-state index is 0.191. The van der Waals surface area contributed by atoms with Gasteiger partial charge in [0.25, 0.3) is 0 Å². The Balaban J connectivity index is 1.94. The predicted octanol–water partition coefficient (Wildman–Crippen LogP) is 5.36. The normalized spacial score (nSPS) is 18.0. The molecule has 1 unspecified atom stereocenters. The van der Waals surface area contributed by atoms with Crippen LogP contribution in [0.15, 0.2) is 42.5 Å². The summed E-state index contributed by atoms with van der Waals surface area (Å²) < 4.78 is 6.32. The molecule has 1 aliphatic rings. The molecule has 0 N–H and O–H groups in total. The van der Waals surface area contributed by atoms with Crippen LogP contribution in [-0.4, -0.2) is 0 Å². The first-order valence-corrected chi connectivity index (χ1v) is 7.81. The topological polar surface area (TPSA) is 9.23 Å². The minimum Gasteiger partial charge on any atom is -0.485 e. The van der Waals surface area contributed by atoms with Gasteiger partial charge in [0.05, 0.1) is 0 Å². The third kappa shape index (κ3) is 2.83. The number of hydrogen-bond donors (Lipinski definition) is 0. The van der Waals surface area contributed by atoms with Crippen molar-refractivity contribution in [3.05, 3.63) is 64.7 Å². The van der Waals surface area contributed by atoms with E-state index in [4.69, 9.17) is 4.74 Å². The molecule has 2 aromatic carbocycles. The van der Waals surface area contributed by atoms with Gasteiger partial charge in [0.2, 0.25) is 0 Å². The average Bonchev–Trinajstić information content (AvgIpc) is 2.47. The van der Waals surface area contributed by atoms with Crippen molar-refractivity contribution in [1.82, 2.24) is 0 Å². The van der Waals surface area contributed by atoms with Crippen LogP contribution in [0.4, 0.5) is 0 Å². The Labute approximate surface area is 128 Å². The maximum atomic E-state index is 6.32. The zero-order chi connectivity index (χ0) is 15.0. The minimum atomic E-state index is 0.191. The molecule has 1 heteroatoms. The second-order valence-electron chi connectivity index (χ2n) is 7.09. The summed E-state index contributed by atoms with van der Waals surface area (Å²) in [6, 6.07) is 15.2. The highest BCUT2D eigenvalue weighted by molar-refractivity contribution is 5.47. The quantitative estimate of drug-likeness (QED) is 0.683. The van der Waals surface area contributed by atoms with Crippen LogP contribution in [0.5, 0.6) is 5.75 Å².